The third-order valence-corrected chi connectivity index (χ3v) is 7.31. The van der Waals surface area contributed by atoms with Crippen LogP contribution in [0, 0.1) is 0 Å². The number of halogens is 2. The highest BCUT2D eigenvalue weighted by atomic mass is 127. The van der Waals surface area contributed by atoms with Gasteiger partial charge in [-0.2, -0.15) is 0 Å². The molecule has 5 heteroatoms. The van der Waals surface area contributed by atoms with Crippen molar-refractivity contribution < 1.29 is 8.42 Å². The highest BCUT2D eigenvalue weighted by molar-refractivity contribution is 14.1. The second-order valence-corrected chi connectivity index (χ2v) is 8.73. The lowest BCUT2D eigenvalue weighted by atomic mass is 10.1. The van der Waals surface area contributed by atoms with Gasteiger partial charge in [0.25, 0.3) is 0 Å². The standard InChI is InChI=1S/C20H14ClIO2S/c21-17-11-13-18(14-12-17)25(23,24)20(16-9-5-2-6-10-16)19(22)15-7-3-1-4-8-15/h1-14H/b20-19+. The fourth-order valence-electron chi connectivity index (χ4n) is 2.44. The van der Waals surface area contributed by atoms with E-state index in [0.29, 0.717) is 19.1 Å². The Kier molecular flexibility index (Phi) is 5.61. The van der Waals surface area contributed by atoms with Crippen LogP contribution < -0.4 is 0 Å². The first-order valence-corrected chi connectivity index (χ1v) is 10.5. The minimum Gasteiger partial charge on any atom is -0.218 e. The Balaban J connectivity index is 2.27. The molecule has 25 heavy (non-hydrogen) atoms. The molecule has 3 rings (SSSR count). The average molecular weight is 481 g/mol. The van der Waals surface area contributed by atoms with Crippen molar-refractivity contribution in [2.75, 3.05) is 0 Å². The number of hydrogen-bond acceptors (Lipinski definition) is 2. The maximum absolute atomic E-state index is 13.4. The fraction of sp³-hybridized carbons (Fsp3) is 0. The Bertz CT molecular complexity index is 997. The summed E-state index contributed by atoms with van der Waals surface area (Å²) in [6.45, 7) is 0. The maximum atomic E-state index is 13.4. The lowest BCUT2D eigenvalue weighted by Gasteiger charge is -2.13. The molecule has 0 saturated heterocycles. The van der Waals surface area contributed by atoms with Crippen LogP contribution in [0.4, 0.5) is 0 Å². The van der Waals surface area contributed by atoms with E-state index in [2.05, 4.69) is 22.6 Å². The van der Waals surface area contributed by atoms with E-state index in [1.807, 2.05) is 60.7 Å². The zero-order chi connectivity index (χ0) is 17.9. The number of rotatable bonds is 4. The van der Waals surface area contributed by atoms with Crippen LogP contribution in [0.15, 0.2) is 89.8 Å². The van der Waals surface area contributed by atoms with E-state index in [1.54, 1.807) is 12.1 Å². The molecule has 0 heterocycles. The van der Waals surface area contributed by atoms with Gasteiger partial charge in [-0.05, 0) is 58.0 Å². The average Bonchev–Trinajstić information content (AvgIpc) is 2.63. The molecule has 0 unspecified atom stereocenters. The van der Waals surface area contributed by atoms with E-state index in [4.69, 9.17) is 11.6 Å². The molecular formula is C20H14ClIO2S. The van der Waals surface area contributed by atoms with E-state index in [-0.39, 0.29) is 4.90 Å². The summed E-state index contributed by atoms with van der Waals surface area (Å²) in [6.07, 6.45) is 0. The van der Waals surface area contributed by atoms with Gasteiger partial charge in [0.05, 0.1) is 9.80 Å². The lowest BCUT2D eigenvalue weighted by Crippen LogP contribution is -2.05. The van der Waals surface area contributed by atoms with Crippen molar-refractivity contribution >= 4 is 52.5 Å². The van der Waals surface area contributed by atoms with Crippen molar-refractivity contribution in [1.29, 1.82) is 0 Å². The summed E-state index contributed by atoms with van der Waals surface area (Å²) in [7, 11) is -3.70. The molecular weight excluding hydrogens is 467 g/mol. The summed E-state index contributed by atoms with van der Waals surface area (Å²) in [5.74, 6) is 0. The molecule has 2 nitrogen and oxygen atoms in total. The number of hydrogen-bond donors (Lipinski definition) is 0. The Labute approximate surface area is 166 Å². The SMILES string of the molecule is O=S(=O)(/C(=C(/I)c1ccccc1)c1ccccc1)c1ccc(Cl)cc1. The molecule has 0 amide bonds. The second kappa shape index (κ2) is 7.72. The topological polar surface area (TPSA) is 34.1 Å². The molecule has 0 aliphatic carbocycles. The van der Waals surface area contributed by atoms with Crippen LogP contribution in [0.25, 0.3) is 8.48 Å². The van der Waals surface area contributed by atoms with Crippen LogP contribution in [-0.4, -0.2) is 8.42 Å². The summed E-state index contributed by atoms with van der Waals surface area (Å²) in [5.41, 5.74) is 1.52. The third-order valence-electron chi connectivity index (χ3n) is 3.66. The van der Waals surface area contributed by atoms with E-state index >= 15 is 0 Å². The molecule has 0 aliphatic rings. The van der Waals surface area contributed by atoms with Crippen LogP contribution in [0.2, 0.25) is 5.02 Å². The molecule has 0 spiro atoms. The Hall–Kier alpha value is -1.63. The Morgan fingerprint density at radius 3 is 1.72 bits per heavy atom. The first-order chi connectivity index (χ1) is 12.0. The first-order valence-electron chi connectivity index (χ1n) is 7.51. The van der Waals surface area contributed by atoms with E-state index in [0.717, 1.165) is 5.56 Å². The highest BCUT2D eigenvalue weighted by Crippen LogP contribution is 2.38. The van der Waals surface area contributed by atoms with Crippen molar-refractivity contribution in [3.63, 3.8) is 0 Å². The molecule has 0 saturated carbocycles. The van der Waals surface area contributed by atoms with Crippen LogP contribution in [0.1, 0.15) is 11.1 Å². The fourth-order valence-corrected chi connectivity index (χ4v) is 5.63. The minimum absolute atomic E-state index is 0.223. The lowest BCUT2D eigenvalue weighted by molar-refractivity contribution is 0.606. The van der Waals surface area contributed by atoms with Gasteiger partial charge in [0, 0.05) is 8.60 Å². The van der Waals surface area contributed by atoms with Gasteiger partial charge in [-0.15, -0.1) is 0 Å². The van der Waals surface area contributed by atoms with E-state index in [9.17, 15) is 8.42 Å². The summed E-state index contributed by atoms with van der Waals surface area (Å²) < 4.78 is 27.4. The molecule has 0 radical (unpaired) electrons. The van der Waals surface area contributed by atoms with Crippen molar-refractivity contribution in [3.8, 4) is 0 Å². The van der Waals surface area contributed by atoms with E-state index in [1.165, 1.54) is 12.1 Å². The van der Waals surface area contributed by atoms with Crippen LogP contribution >= 0.6 is 34.2 Å². The summed E-state index contributed by atoms with van der Waals surface area (Å²) >= 11 is 8.01. The predicted molar refractivity (Wildman–Crippen MR) is 112 cm³/mol. The van der Waals surface area contributed by atoms with Gasteiger partial charge in [0.15, 0.2) is 0 Å². The van der Waals surface area contributed by atoms with Gasteiger partial charge in [0.1, 0.15) is 0 Å². The smallest absolute Gasteiger partial charge is 0.208 e. The second-order valence-electron chi connectivity index (χ2n) is 5.33. The summed E-state index contributed by atoms with van der Waals surface area (Å²) in [5, 5.41) is 0.502. The minimum atomic E-state index is -3.70. The zero-order valence-electron chi connectivity index (χ0n) is 13.1. The first kappa shape index (κ1) is 18.2. The van der Waals surface area contributed by atoms with Gasteiger partial charge < -0.3 is 0 Å². The maximum Gasteiger partial charge on any atom is 0.208 e. The normalized spacial score (nSPS) is 12.6. The molecule has 0 N–H and O–H groups in total. The largest absolute Gasteiger partial charge is 0.218 e. The van der Waals surface area contributed by atoms with E-state index < -0.39 is 9.84 Å². The molecule has 3 aromatic rings. The van der Waals surface area contributed by atoms with Crippen molar-refractivity contribution in [3.05, 3.63) is 101 Å². The van der Waals surface area contributed by atoms with Crippen LogP contribution in [0.3, 0.4) is 0 Å². The highest BCUT2D eigenvalue weighted by Gasteiger charge is 2.26. The zero-order valence-corrected chi connectivity index (χ0v) is 16.8. The van der Waals surface area contributed by atoms with Crippen molar-refractivity contribution in [2.24, 2.45) is 0 Å². The van der Waals surface area contributed by atoms with Gasteiger partial charge in [-0.3, -0.25) is 0 Å². The number of sulfone groups is 1. The molecule has 3 aromatic carbocycles. The Morgan fingerprint density at radius 1 is 0.720 bits per heavy atom. The molecule has 126 valence electrons. The molecule has 0 bridgehead atoms. The van der Waals surface area contributed by atoms with Crippen LogP contribution in [-0.2, 0) is 9.84 Å². The van der Waals surface area contributed by atoms with Crippen molar-refractivity contribution in [1.82, 2.24) is 0 Å². The summed E-state index contributed by atoms with van der Waals surface area (Å²) in [4.78, 5) is 0.517. The molecule has 0 atom stereocenters. The molecule has 0 aromatic heterocycles. The Morgan fingerprint density at radius 2 is 1.20 bits per heavy atom. The molecule has 0 aliphatic heterocycles. The molecule has 0 fully saturated rings. The van der Waals surface area contributed by atoms with Crippen LogP contribution in [0.5, 0.6) is 0 Å². The van der Waals surface area contributed by atoms with Gasteiger partial charge in [-0.25, -0.2) is 8.42 Å². The monoisotopic (exact) mass is 480 g/mol. The quantitative estimate of drug-likeness (QED) is 0.335. The predicted octanol–water partition coefficient (Wildman–Crippen LogP) is 6.07. The summed E-state index contributed by atoms with van der Waals surface area (Å²) in [6, 6.07) is 24.9. The van der Waals surface area contributed by atoms with Crippen molar-refractivity contribution in [2.45, 2.75) is 4.90 Å². The number of benzene rings is 3. The van der Waals surface area contributed by atoms with Gasteiger partial charge in [-0.1, -0.05) is 72.3 Å². The van der Waals surface area contributed by atoms with Gasteiger partial charge >= 0.3 is 0 Å². The third kappa shape index (κ3) is 3.97. The van der Waals surface area contributed by atoms with Gasteiger partial charge in [0.2, 0.25) is 9.84 Å².